The van der Waals surface area contributed by atoms with Crippen molar-refractivity contribution in [3.63, 3.8) is 0 Å². The second-order valence-electron chi connectivity index (χ2n) is 4.13. The number of pyridine rings is 2. The van der Waals surface area contributed by atoms with Gasteiger partial charge in [0, 0.05) is 24.3 Å². The van der Waals surface area contributed by atoms with Crippen molar-refractivity contribution >= 4 is 21.6 Å². The molecule has 6 heteroatoms. The topological polar surface area (TPSA) is 7.76 Å². The first kappa shape index (κ1) is 20.5. The van der Waals surface area contributed by atoms with Crippen LogP contribution in [0.25, 0.3) is 0 Å². The Labute approximate surface area is 163 Å². The van der Waals surface area contributed by atoms with E-state index < -0.39 is 0 Å². The summed E-state index contributed by atoms with van der Waals surface area (Å²) in [6, 6.07) is 12.7. The highest BCUT2D eigenvalue weighted by Gasteiger charge is 2.07. The minimum atomic E-state index is 0. The first-order valence-electron chi connectivity index (χ1n) is 5.89. The van der Waals surface area contributed by atoms with E-state index in [-0.39, 0.29) is 48.0 Å². The molecule has 0 bridgehead atoms. The lowest BCUT2D eigenvalue weighted by atomic mass is 10.4. The molecule has 0 amide bonds. The molecule has 2 aromatic heterocycles. The molecule has 0 aromatic carbocycles. The molecule has 0 aliphatic rings. The Morgan fingerprint density at radius 1 is 0.750 bits per heavy atom. The summed E-state index contributed by atoms with van der Waals surface area (Å²) < 4.78 is 4.35. The van der Waals surface area contributed by atoms with Crippen LogP contribution < -0.4 is 57.1 Å². The number of nitrogens with zero attached hydrogens (tertiary/aromatic N) is 2. The fourth-order valence-corrected chi connectivity index (χ4v) is 3.85. The Hall–Kier alpha value is 0.460. The molecule has 0 aliphatic carbocycles. The van der Waals surface area contributed by atoms with Crippen LogP contribution in [-0.2, 0) is 25.6 Å². The molecule has 2 aromatic rings. The molecule has 0 saturated heterocycles. The Balaban J connectivity index is 0.00000180. The molecule has 20 heavy (non-hydrogen) atoms. The van der Waals surface area contributed by atoms with Gasteiger partial charge < -0.3 is 48.0 Å². The molecule has 0 N–H and O–H groups in total. The minimum Gasteiger partial charge on any atom is -1.00 e. The third kappa shape index (κ3) is 6.48. The standard InChI is InChI=1S/C14H18N2S2.2HI/c1-15-9-5-3-7-13(15)11-17-18-12-14-8-4-6-10-16(14)2;;/h3-10H,11-12H2,1-2H3;2*1H/q+2;;/p-2. The van der Waals surface area contributed by atoms with Crippen LogP contribution in [0, 0.1) is 0 Å². The number of rotatable bonds is 5. The fourth-order valence-electron chi connectivity index (χ4n) is 1.62. The van der Waals surface area contributed by atoms with Crippen molar-refractivity contribution in [3.05, 3.63) is 60.2 Å². The molecular formula is C14H18I2N2S2. The molecule has 2 rings (SSSR count). The Kier molecular flexibility index (Phi) is 11.3. The van der Waals surface area contributed by atoms with Gasteiger partial charge >= 0.3 is 0 Å². The number of aromatic nitrogens is 2. The molecule has 0 saturated carbocycles. The monoisotopic (exact) mass is 532 g/mol. The number of halogens is 2. The molecule has 0 aliphatic heterocycles. The van der Waals surface area contributed by atoms with Crippen molar-refractivity contribution in [1.82, 2.24) is 0 Å². The summed E-state index contributed by atoms with van der Waals surface area (Å²) in [6.45, 7) is 0. The zero-order valence-corrected chi connectivity index (χ0v) is 17.4. The third-order valence-corrected chi connectivity index (χ3v) is 5.02. The molecule has 0 spiro atoms. The summed E-state index contributed by atoms with van der Waals surface area (Å²) in [6.07, 6.45) is 4.19. The van der Waals surface area contributed by atoms with Gasteiger partial charge in [0.05, 0.1) is 11.5 Å². The van der Waals surface area contributed by atoms with Gasteiger partial charge in [-0.3, -0.25) is 0 Å². The van der Waals surface area contributed by atoms with Gasteiger partial charge in [-0.2, -0.15) is 0 Å². The van der Waals surface area contributed by atoms with Gasteiger partial charge in [-0.1, -0.05) is 33.7 Å². The maximum atomic E-state index is 2.18. The van der Waals surface area contributed by atoms with E-state index in [1.165, 1.54) is 11.4 Å². The summed E-state index contributed by atoms with van der Waals surface area (Å²) in [4.78, 5) is 0. The molecule has 0 fully saturated rings. The zero-order valence-electron chi connectivity index (χ0n) is 11.5. The fraction of sp³-hybridized carbons (Fsp3) is 0.286. The van der Waals surface area contributed by atoms with E-state index in [1.54, 1.807) is 0 Å². The highest BCUT2D eigenvalue weighted by molar-refractivity contribution is 8.76. The van der Waals surface area contributed by atoms with Crippen LogP contribution in [-0.4, -0.2) is 0 Å². The molecule has 2 heterocycles. The molecule has 2 nitrogen and oxygen atoms in total. The van der Waals surface area contributed by atoms with E-state index in [0.717, 1.165) is 11.5 Å². The van der Waals surface area contributed by atoms with E-state index in [2.05, 4.69) is 72.0 Å². The van der Waals surface area contributed by atoms with E-state index in [9.17, 15) is 0 Å². The second-order valence-corrected chi connectivity index (χ2v) is 6.59. The minimum absolute atomic E-state index is 0. The predicted octanol–water partition coefficient (Wildman–Crippen LogP) is -3.57. The van der Waals surface area contributed by atoms with Crippen LogP contribution in [0.15, 0.2) is 48.8 Å². The smallest absolute Gasteiger partial charge is 0.191 e. The van der Waals surface area contributed by atoms with Crippen molar-refractivity contribution in [2.75, 3.05) is 0 Å². The van der Waals surface area contributed by atoms with Crippen LogP contribution in [0.1, 0.15) is 11.4 Å². The van der Waals surface area contributed by atoms with Gasteiger partial charge in [-0.15, -0.1) is 0 Å². The van der Waals surface area contributed by atoms with Crippen LogP contribution in [0.2, 0.25) is 0 Å². The average Bonchev–Trinajstić information content (AvgIpc) is 2.38. The number of aryl methyl sites for hydroxylation is 2. The van der Waals surface area contributed by atoms with Crippen molar-refractivity contribution in [3.8, 4) is 0 Å². The van der Waals surface area contributed by atoms with E-state index in [1.807, 2.05) is 21.6 Å². The largest absolute Gasteiger partial charge is 1.00 e. The summed E-state index contributed by atoms with van der Waals surface area (Å²) >= 11 is 0. The SMILES string of the molecule is C[n+]1ccccc1CSSCc1cccc[n+]1C.[I-].[I-]. The zero-order chi connectivity index (χ0) is 12.8. The van der Waals surface area contributed by atoms with Crippen molar-refractivity contribution in [1.29, 1.82) is 0 Å². The van der Waals surface area contributed by atoms with Gasteiger partial charge in [-0.05, 0) is 0 Å². The first-order valence-corrected chi connectivity index (χ1v) is 8.37. The second kappa shape index (κ2) is 11.1. The Morgan fingerprint density at radius 2 is 1.15 bits per heavy atom. The molecule has 0 unspecified atom stereocenters. The lowest BCUT2D eigenvalue weighted by molar-refractivity contribution is -0.678. The average molecular weight is 532 g/mol. The van der Waals surface area contributed by atoms with E-state index in [4.69, 9.17) is 0 Å². The van der Waals surface area contributed by atoms with Gasteiger partial charge in [0.1, 0.15) is 14.1 Å². The molecular weight excluding hydrogens is 514 g/mol. The lowest BCUT2D eigenvalue weighted by Gasteiger charge is -2.00. The van der Waals surface area contributed by atoms with E-state index >= 15 is 0 Å². The van der Waals surface area contributed by atoms with Gasteiger partial charge in [0.2, 0.25) is 0 Å². The van der Waals surface area contributed by atoms with Crippen molar-refractivity contribution in [2.45, 2.75) is 11.5 Å². The highest BCUT2D eigenvalue weighted by Crippen LogP contribution is 2.27. The third-order valence-electron chi connectivity index (χ3n) is 2.82. The van der Waals surface area contributed by atoms with Crippen molar-refractivity contribution in [2.24, 2.45) is 14.1 Å². The van der Waals surface area contributed by atoms with Crippen LogP contribution >= 0.6 is 21.6 Å². The quantitative estimate of drug-likeness (QED) is 0.171. The predicted molar refractivity (Wildman–Crippen MR) is 77.8 cm³/mol. The number of hydrogen-bond donors (Lipinski definition) is 0. The highest BCUT2D eigenvalue weighted by atomic mass is 127. The molecule has 0 atom stereocenters. The summed E-state index contributed by atoms with van der Waals surface area (Å²) in [5.41, 5.74) is 2.71. The van der Waals surface area contributed by atoms with Crippen LogP contribution in [0.4, 0.5) is 0 Å². The summed E-state index contributed by atoms with van der Waals surface area (Å²) in [7, 11) is 8.00. The van der Waals surface area contributed by atoms with Crippen LogP contribution in [0.3, 0.4) is 0 Å². The normalized spacial score (nSPS) is 9.50. The Morgan fingerprint density at radius 3 is 1.50 bits per heavy atom. The Bertz CT molecular complexity index is 477. The van der Waals surface area contributed by atoms with Gasteiger partial charge in [0.25, 0.3) is 0 Å². The van der Waals surface area contributed by atoms with E-state index in [0.29, 0.717) is 0 Å². The van der Waals surface area contributed by atoms with Gasteiger partial charge in [-0.25, -0.2) is 9.13 Å². The maximum Gasteiger partial charge on any atom is 0.191 e. The summed E-state index contributed by atoms with van der Waals surface area (Å²) in [5.74, 6) is 2.08. The molecule has 110 valence electrons. The molecule has 0 radical (unpaired) electrons. The van der Waals surface area contributed by atoms with Crippen molar-refractivity contribution < 1.29 is 57.1 Å². The first-order chi connectivity index (χ1) is 8.77. The maximum absolute atomic E-state index is 2.18. The van der Waals surface area contributed by atoms with Gasteiger partial charge in [0.15, 0.2) is 23.8 Å². The van der Waals surface area contributed by atoms with Crippen LogP contribution in [0.5, 0.6) is 0 Å². The number of hydrogen-bond acceptors (Lipinski definition) is 2. The lowest BCUT2D eigenvalue weighted by Crippen LogP contribution is -3.00. The summed E-state index contributed by atoms with van der Waals surface area (Å²) in [5, 5.41) is 0.